The maximum absolute atomic E-state index is 13.4. The van der Waals surface area contributed by atoms with Crippen LogP contribution in [0.4, 0.5) is 0 Å². The summed E-state index contributed by atoms with van der Waals surface area (Å²) in [7, 11) is 2.82. The minimum Gasteiger partial charge on any atom is -0.463 e. The predicted octanol–water partition coefficient (Wildman–Crippen LogP) is 3.43. The standard InChI is InChI=1S/C40H50Cl3NO16/c1-21(45)52-20-26-29(55-22(2)46)30(56-23(3)47)27(44-37(49)40(41,42)43)36(57-26)58-32-28(48)31(53-18-24-14-10-8-11-15-24)34-35(33(32)54-19-25-16-12-9-13-17-25)60-39(5,51-7)38(4,50-6)59-34/h8-17,26-36,48H,18-20H2,1-7H3,(H,44,49)/t26-,27-,28-,29-,30-,31+,32+,33+,34-,35-,36+,38+,39+/m1/s1. The lowest BCUT2D eigenvalue weighted by molar-refractivity contribution is -0.475. The van der Waals surface area contributed by atoms with Crippen LogP contribution in [0.2, 0.25) is 0 Å². The van der Waals surface area contributed by atoms with Gasteiger partial charge < -0.3 is 62.5 Å². The van der Waals surface area contributed by atoms with Gasteiger partial charge in [0.05, 0.1) is 13.2 Å². The molecule has 1 aliphatic carbocycles. The maximum atomic E-state index is 13.4. The molecule has 0 radical (unpaired) electrons. The molecule has 0 spiro atoms. The minimum absolute atomic E-state index is 0.00639. The number of amides is 1. The fourth-order valence-corrected chi connectivity index (χ4v) is 7.40. The van der Waals surface area contributed by atoms with Gasteiger partial charge in [-0.15, -0.1) is 0 Å². The summed E-state index contributed by atoms with van der Waals surface area (Å²) in [5, 5.41) is 15.0. The molecule has 2 saturated heterocycles. The molecular formula is C40H50Cl3NO16. The highest BCUT2D eigenvalue weighted by atomic mass is 35.6. The Morgan fingerprint density at radius 3 is 1.67 bits per heavy atom. The molecule has 5 rings (SSSR count). The summed E-state index contributed by atoms with van der Waals surface area (Å²) < 4.78 is 65.0. The van der Waals surface area contributed by atoms with Gasteiger partial charge in [0.2, 0.25) is 11.6 Å². The average Bonchev–Trinajstić information content (AvgIpc) is 3.19. The number of hydrogen-bond acceptors (Lipinski definition) is 16. The number of fused-ring (bicyclic) bond motifs is 1. The zero-order valence-electron chi connectivity index (χ0n) is 34.0. The van der Waals surface area contributed by atoms with Crippen LogP contribution in [-0.4, -0.2) is 132 Å². The van der Waals surface area contributed by atoms with Crippen molar-refractivity contribution in [1.82, 2.24) is 5.32 Å². The summed E-state index contributed by atoms with van der Waals surface area (Å²) in [6, 6.07) is 16.6. The second-order valence-electron chi connectivity index (χ2n) is 14.6. The van der Waals surface area contributed by atoms with Crippen LogP contribution in [0.5, 0.6) is 0 Å². The van der Waals surface area contributed by atoms with E-state index in [0.29, 0.717) is 0 Å². The number of ether oxygens (including phenoxy) is 11. The summed E-state index contributed by atoms with van der Waals surface area (Å²) in [5.74, 6) is -6.82. The molecule has 60 heavy (non-hydrogen) atoms. The van der Waals surface area contributed by atoms with E-state index in [1.807, 2.05) is 60.7 Å². The molecule has 0 unspecified atom stereocenters. The number of carbonyl (C=O) groups excluding carboxylic acids is 4. The Kier molecular flexibility index (Phi) is 16.2. The van der Waals surface area contributed by atoms with Gasteiger partial charge in [-0.05, 0) is 25.0 Å². The topological polar surface area (TPSA) is 202 Å². The van der Waals surface area contributed by atoms with Gasteiger partial charge >= 0.3 is 17.9 Å². The SMILES string of the molecule is CO[C@@]1(C)O[C@@H]2[C@@H](OCc3ccccc3)[C@@H](O[C@@H]3O[C@H](COC(C)=O)[C@@H](OC(C)=O)[C@H](OC(C)=O)[C@H]3NC(=O)C(Cl)(Cl)Cl)[C@H](O)[C@H](OCc3ccccc3)[C@H]2O[C@]1(C)OC. The van der Waals surface area contributed by atoms with Crippen LogP contribution in [0.1, 0.15) is 45.7 Å². The van der Waals surface area contributed by atoms with Crippen molar-refractivity contribution in [3.05, 3.63) is 71.8 Å². The lowest BCUT2D eigenvalue weighted by Crippen LogP contribution is -2.76. The largest absolute Gasteiger partial charge is 0.463 e. The van der Waals surface area contributed by atoms with Crippen LogP contribution in [0.25, 0.3) is 0 Å². The van der Waals surface area contributed by atoms with E-state index in [4.69, 9.17) is 86.9 Å². The second kappa shape index (κ2) is 20.3. The first-order chi connectivity index (χ1) is 28.3. The number of aliphatic hydroxyl groups is 1. The van der Waals surface area contributed by atoms with Gasteiger partial charge in [-0.2, -0.15) is 0 Å². The Labute approximate surface area is 362 Å². The highest BCUT2D eigenvalue weighted by Crippen LogP contribution is 2.46. The van der Waals surface area contributed by atoms with Gasteiger partial charge in [-0.3, -0.25) is 19.2 Å². The van der Waals surface area contributed by atoms with Crippen molar-refractivity contribution < 1.29 is 76.4 Å². The normalized spacial score (nSPS) is 34.1. The molecule has 0 bridgehead atoms. The third kappa shape index (κ3) is 11.3. The van der Waals surface area contributed by atoms with Crippen LogP contribution >= 0.6 is 34.8 Å². The van der Waals surface area contributed by atoms with Crippen molar-refractivity contribution in [1.29, 1.82) is 0 Å². The quantitative estimate of drug-likeness (QED) is 0.149. The van der Waals surface area contributed by atoms with E-state index in [1.165, 1.54) is 14.2 Å². The van der Waals surface area contributed by atoms with E-state index in [2.05, 4.69) is 5.32 Å². The number of carbonyl (C=O) groups is 4. The van der Waals surface area contributed by atoms with E-state index in [9.17, 15) is 24.3 Å². The highest BCUT2D eigenvalue weighted by Gasteiger charge is 2.66. The Hall–Kier alpha value is -3.17. The summed E-state index contributed by atoms with van der Waals surface area (Å²) in [4.78, 5) is 50.5. The highest BCUT2D eigenvalue weighted by molar-refractivity contribution is 6.76. The lowest BCUT2D eigenvalue weighted by atomic mass is 9.82. The number of esters is 3. The molecule has 2 aromatic carbocycles. The van der Waals surface area contributed by atoms with Crippen molar-refractivity contribution in [2.75, 3.05) is 20.8 Å². The molecule has 1 saturated carbocycles. The van der Waals surface area contributed by atoms with Crippen molar-refractivity contribution in [3.63, 3.8) is 0 Å². The first kappa shape index (κ1) is 47.9. The van der Waals surface area contributed by atoms with Gasteiger partial charge in [0.25, 0.3) is 9.70 Å². The molecule has 3 fully saturated rings. The van der Waals surface area contributed by atoms with E-state index in [0.717, 1.165) is 31.9 Å². The first-order valence-electron chi connectivity index (χ1n) is 18.9. The third-order valence-corrected chi connectivity index (χ3v) is 10.9. The van der Waals surface area contributed by atoms with Crippen molar-refractivity contribution >= 4 is 58.6 Å². The molecule has 3 aliphatic rings. The van der Waals surface area contributed by atoms with Crippen LogP contribution < -0.4 is 5.32 Å². The summed E-state index contributed by atoms with van der Waals surface area (Å²) in [5.41, 5.74) is 1.49. The Morgan fingerprint density at radius 2 is 1.20 bits per heavy atom. The Bertz CT molecular complexity index is 1770. The van der Waals surface area contributed by atoms with E-state index in [-0.39, 0.29) is 13.2 Å². The van der Waals surface area contributed by atoms with E-state index < -0.39 is 113 Å². The fourth-order valence-electron chi connectivity index (χ4n) is 7.24. The van der Waals surface area contributed by atoms with Gasteiger partial charge in [0, 0.05) is 35.0 Å². The van der Waals surface area contributed by atoms with Gasteiger partial charge in [-0.25, -0.2) is 0 Å². The number of rotatable bonds is 15. The molecule has 2 N–H and O–H groups in total. The van der Waals surface area contributed by atoms with Crippen LogP contribution in [0.15, 0.2) is 60.7 Å². The molecule has 13 atom stereocenters. The van der Waals surface area contributed by atoms with Crippen molar-refractivity contribution in [2.24, 2.45) is 0 Å². The van der Waals surface area contributed by atoms with Gasteiger partial charge in [-0.1, -0.05) is 95.5 Å². The summed E-state index contributed by atoms with van der Waals surface area (Å²) in [6.07, 6.45) is -14.3. The van der Waals surface area contributed by atoms with Gasteiger partial charge in [0.1, 0.15) is 55.4 Å². The molecule has 0 aromatic heterocycles. The second-order valence-corrected chi connectivity index (χ2v) is 16.9. The number of hydrogen-bond donors (Lipinski definition) is 2. The summed E-state index contributed by atoms with van der Waals surface area (Å²) >= 11 is 18.0. The average molecular weight is 907 g/mol. The van der Waals surface area contributed by atoms with Crippen LogP contribution in [-0.2, 0) is 84.5 Å². The fraction of sp³-hybridized carbons (Fsp3) is 0.600. The zero-order chi connectivity index (χ0) is 44.0. The van der Waals surface area contributed by atoms with Gasteiger partial charge in [0.15, 0.2) is 18.5 Å². The lowest BCUT2D eigenvalue weighted by Gasteiger charge is -2.58. The minimum atomic E-state index is -2.57. The monoisotopic (exact) mass is 905 g/mol. The van der Waals surface area contributed by atoms with Crippen LogP contribution in [0.3, 0.4) is 0 Å². The molecule has 2 heterocycles. The molecule has 332 valence electrons. The predicted molar refractivity (Wildman–Crippen MR) is 210 cm³/mol. The van der Waals surface area contributed by atoms with E-state index in [1.54, 1.807) is 13.8 Å². The number of aliphatic hydroxyl groups excluding tert-OH is 1. The zero-order valence-corrected chi connectivity index (χ0v) is 36.2. The number of methoxy groups -OCH3 is 2. The third-order valence-electron chi connectivity index (χ3n) is 10.4. The molecule has 2 aromatic rings. The Balaban J connectivity index is 1.65. The maximum Gasteiger partial charge on any atom is 0.303 e. The number of halogens is 3. The molecular weight excluding hydrogens is 857 g/mol. The molecule has 2 aliphatic heterocycles. The van der Waals surface area contributed by atoms with Crippen molar-refractivity contribution in [2.45, 2.75) is 130 Å². The number of nitrogens with one attached hydrogen (secondary N) is 1. The smallest absolute Gasteiger partial charge is 0.303 e. The first-order valence-corrected chi connectivity index (χ1v) is 20.1. The van der Waals surface area contributed by atoms with E-state index >= 15 is 0 Å². The number of alkyl halides is 3. The Morgan fingerprint density at radius 1 is 0.717 bits per heavy atom. The summed E-state index contributed by atoms with van der Waals surface area (Å²) in [6.45, 7) is 5.91. The van der Waals surface area contributed by atoms with Crippen molar-refractivity contribution in [3.8, 4) is 0 Å². The molecule has 20 heteroatoms. The molecule has 1 amide bonds. The van der Waals surface area contributed by atoms with Crippen LogP contribution in [0, 0.1) is 0 Å². The molecule has 17 nitrogen and oxygen atoms in total. The number of benzene rings is 2.